The first-order valence-electron chi connectivity index (χ1n) is 9.71. The maximum atomic E-state index is 12.8. The third-order valence-electron chi connectivity index (χ3n) is 4.93. The average molecular weight is 443 g/mol. The molecule has 0 unspecified atom stereocenters. The number of unbranched alkanes of at least 4 members (excludes halogenated alkanes) is 1. The van der Waals surface area contributed by atoms with E-state index in [2.05, 4.69) is 40.5 Å². The molecule has 4 nitrogen and oxygen atoms in total. The van der Waals surface area contributed by atoms with E-state index < -0.39 is 0 Å². The Morgan fingerprint density at radius 2 is 2.04 bits per heavy atom. The Balaban J connectivity index is 1.53. The van der Waals surface area contributed by atoms with Gasteiger partial charge in [-0.25, -0.2) is 0 Å². The summed E-state index contributed by atoms with van der Waals surface area (Å²) in [5.41, 5.74) is 2.87. The summed E-state index contributed by atoms with van der Waals surface area (Å²) >= 11 is 3.41. The van der Waals surface area contributed by atoms with Crippen LogP contribution in [-0.4, -0.2) is 44.1 Å². The van der Waals surface area contributed by atoms with Crippen LogP contribution in [-0.2, 0) is 6.42 Å². The van der Waals surface area contributed by atoms with E-state index in [4.69, 9.17) is 4.74 Å². The monoisotopic (exact) mass is 442 g/mol. The van der Waals surface area contributed by atoms with E-state index in [1.54, 1.807) is 0 Å². The molecule has 0 atom stereocenters. The summed E-state index contributed by atoms with van der Waals surface area (Å²) in [4.78, 5) is 16.9. The van der Waals surface area contributed by atoms with Gasteiger partial charge in [0.15, 0.2) is 0 Å². The molecule has 1 amide bonds. The molecule has 148 valence electrons. The fourth-order valence-electron chi connectivity index (χ4n) is 3.41. The zero-order valence-corrected chi connectivity index (χ0v) is 18.0. The number of ether oxygens (including phenoxy) is 1. The van der Waals surface area contributed by atoms with Crippen LogP contribution in [0.15, 0.2) is 59.6 Å². The standard InChI is InChI=1S/C23H27BrN2O2/c1-3-13-25(2)14-4-5-16-28-21-10-11-22-19(17-21)12-15-26(22)23(27)18-6-8-20(24)9-7-18/h3,6-11,17H,1,4-5,12-16H2,2H3. The summed E-state index contributed by atoms with van der Waals surface area (Å²) in [5, 5.41) is 0. The summed E-state index contributed by atoms with van der Waals surface area (Å²) in [6, 6.07) is 13.6. The number of likely N-dealkylation sites (N-methyl/N-ethyl adjacent to an activating group) is 1. The third-order valence-corrected chi connectivity index (χ3v) is 5.46. The van der Waals surface area contributed by atoms with Gasteiger partial charge in [0.05, 0.1) is 6.61 Å². The van der Waals surface area contributed by atoms with Gasteiger partial charge in [0.25, 0.3) is 5.91 Å². The maximum absolute atomic E-state index is 12.8. The van der Waals surface area contributed by atoms with Crippen molar-refractivity contribution in [3.05, 3.63) is 70.7 Å². The van der Waals surface area contributed by atoms with Crippen molar-refractivity contribution in [3.63, 3.8) is 0 Å². The fraction of sp³-hybridized carbons (Fsp3) is 0.348. The second kappa shape index (κ2) is 9.89. The molecule has 28 heavy (non-hydrogen) atoms. The lowest BCUT2D eigenvalue weighted by molar-refractivity contribution is 0.0989. The second-order valence-corrected chi connectivity index (χ2v) is 8.03. The Kier molecular flexibility index (Phi) is 7.29. The van der Waals surface area contributed by atoms with Crippen molar-refractivity contribution in [2.24, 2.45) is 0 Å². The number of anilines is 1. The maximum Gasteiger partial charge on any atom is 0.258 e. The smallest absolute Gasteiger partial charge is 0.258 e. The highest BCUT2D eigenvalue weighted by atomic mass is 79.9. The van der Waals surface area contributed by atoms with Gasteiger partial charge in [-0.05, 0) is 80.9 Å². The highest BCUT2D eigenvalue weighted by molar-refractivity contribution is 9.10. The molecule has 0 aliphatic carbocycles. The van der Waals surface area contributed by atoms with Crippen LogP contribution in [0, 0.1) is 0 Å². The number of hydrogen-bond acceptors (Lipinski definition) is 3. The van der Waals surface area contributed by atoms with Gasteiger partial charge in [0, 0.05) is 28.8 Å². The van der Waals surface area contributed by atoms with Crippen LogP contribution in [0.5, 0.6) is 5.75 Å². The molecule has 0 aromatic heterocycles. The number of carbonyl (C=O) groups is 1. The SMILES string of the molecule is C=CCN(C)CCCCOc1ccc2c(c1)CCN2C(=O)c1ccc(Br)cc1. The van der Waals surface area contributed by atoms with Crippen LogP contribution in [0.2, 0.25) is 0 Å². The van der Waals surface area contributed by atoms with E-state index in [9.17, 15) is 4.79 Å². The minimum atomic E-state index is 0.0450. The lowest BCUT2D eigenvalue weighted by Gasteiger charge is -2.18. The van der Waals surface area contributed by atoms with Crippen molar-refractivity contribution in [2.75, 3.05) is 38.2 Å². The molecule has 0 N–H and O–H groups in total. The minimum absolute atomic E-state index is 0.0450. The molecule has 0 radical (unpaired) electrons. The Labute approximate surface area is 175 Å². The van der Waals surface area contributed by atoms with Crippen molar-refractivity contribution in [2.45, 2.75) is 19.3 Å². The van der Waals surface area contributed by atoms with Crippen LogP contribution in [0.25, 0.3) is 0 Å². The largest absolute Gasteiger partial charge is 0.494 e. The Morgan fingerprint density at radius 1 is 1.25 bits per heavy atom. The average Bonchev–Trinajstić information content (AvgIpc) is 3.11. The van der Waals surface area contributed by atoms with Gasteiger partial charge in [-0.3, -0.25) is 4.79 Å². The van der Waals surface area contributed by atoms with Crippen LogP contribution < -0.4 is 9.64 Å². The Hall–Kier alpha value is -2.11. The van der Waals surface area contributed by atoms with Crippen LogP contribution in [0.3, 0.4) is 0 Å². The van der Waals surface area contributed by atoms with Crippen molar-refractivity contribution >= 4 is 27.5 Å². The lowest BCUT2D eigenvalue weighted by Crippen LogP contribution is -2.28. The first-order valence-corrected chi connectivity index (χ1v) is 10.5. The molecule has 5 heteroatoms. The molecule has 0 saturated heterocycles. The molecule has 1 aliphatic heterocycles. The highest BCUT2D eigenvalue weighted by Gasteiger charge is 2.25. The zero-order chi connectivity index (χ0) is 19.9. The summed E-state index contributed by atoms with van der Waals surface area (Å²) in [5.74, 6) is 0.930. The lowest BCUT2D eigenvalue weighted by atomic mass is 10.1. The fourth-order valence-corrected chi connectivity index (χ4v) is 3.68. The molecule has 1 aliphatic rings. The number of benzene rings is 2. The van der Waals surface area contributed by atoms with Gasteiger partial charge in [-0.1, -0.05) is 22.0 Å². The van der Waals surface area contributed by atoms with E-state index >= 15 is 0 Å². The molecule has 0 fully saturated rings. The quantitative estimate of drug-likeness (QED) is 0.407. The normalized spacial score (nSPS) is 12.9. The number of fused-ring (bicyclic) bond motifs is 1. The Bertz CT molecular complexity index is 820. The molecule has 0 saturated carbocycles. The topological polar surface area (TPSA) is 32.8 Å². The van der Waals surface area contributed by atoms with Gasteiger partial charge in [-0.15, -0.1) is 6.58 Å². The Morgan fingerprint density at radius 3 is 2.79 bits per heavy atom. The third kappa shape index (κ3) is 5.24. The number of carbonyl (C=O) groups excluding carboxylic acids is 1. The predicted molar refractivity (Wildman–Crippen MR) is 118 cm³/mol. The van der Waals surface area contributed by atoms with Crippen LogP contribution in [0.4, 0.5) is 5.69 Å². The zero-order valence-electron chi connectivity index (χ0n) is 16.4. The predicted octanol–water partition coefficient (Wildman–Crippen LogP) is 4.93. The minimum Gasteiger partial charge on any atom is -0.494 e. The number of hydrogen-bond donors (Lipinski definition) is 0. The highest BCUT2D eigenvalue weighted by Crippen LogP contribution is 2.32. The molecule has 2 aromatic rings. The number of halogens is 1. The van der Waals surface area contributed by atoms with Crippen LogP contribution >= 0.6 is 15.9 Å². The molecular formula is C23H27BrN2O2. The first kappa shape index (κ1) is 20.6. The van der Waals surface area contributed by atoms with Gasteiger partial charge in [0.2, 0.25) is 0 Å². The number of rotatable bonds is 9. The van der Waals surface area contributed by atoms with Crippen molar-refractivity contribution in [3.8, 4) is 5.75 Å². The molecule has 0 bridgehead atoms. The van der Waals surface area contributed by atoms with E-state index in [0.29, 0.717) is 18.7 Å². The number of nitrogens with zero attached hydrogens (tertiary/aromatic N) is 2. The molecular weight excluding hydrogens is 416 g/mol. The van der Waals surface area contributed by atoms with Crippen molar-refractivity contribution in [1.82, 2.24) is 4.90 Å². The summed E-state index contributed by atoms with van der Waals surface area (Å²) < 4.78 is 6.89. The second-order valence-electron chi connectivity index (χ2n) is 7.11. The first-order chi connectivity index (χ1) is 13.6. The molecule has 1 heterocycles. The van der Waals surface area contributed by atoms with Crippen molar-refractivity contribution < 1.29 is 9.53 Å². The molecule has 3 rings (SSSR count). The van der Waals surface area contributed by atoms with E-state index in [-0.39, 0.29) is 5.91 Å². The summed E-state index contributed by atoms with van der Waals surface area (Å²) in [6.45, 7) is 7.15. The van der Waals surface area contributed by atoms with Crippen LogP contribution in [0.1, 0.15) is 28.8 Å². The van der Waals surface area contributed by atoms with E-state index in [0.717, 1.165) is 48.3 Å². The van der Waals surface area contributed by atoms with Gasteiger partial charge < -0.3 is 14.5 Å². The van der Waals surface area contributed by atoms with Gasteiger partial charge >= 0.3 is 0 Å². The van der Waals surface area contributed by atoms with E-state index in [1.165, 1.54) is 5.56 Å². The summed E-state index contributed by atoms with van der Waals surface area (Å²) in [7, 11) is 2.10. The number of amides is 1. The van der Waals surface area contributed by atoms with Gasteiger partial charge in [-0.2, -0.15) is 0 Å². The molecule has 2 aromatic carbocycles. The van der Waals surface area contributed by atoms with E-state index in [1.807, 2.05) is 47.4 Å². The molecule has 0 spiro atoms. The van der Waals surface area contributed by atoms with Gasteiger partial charge in [0.1, 0.15) is 5.75 Å². The van der Waals surface area contributed by atoms with Crippen molar-refractivity contribution in [1.29, 1.82) is 0 Å². The summed E-state index contributed by atoms with van der Waals surface area (Å²) in [6.07, 6.45) is 4.91.